The van der Waals surface area contributed by atoms with Crippen molar-refractivity contribution in [2.75, 3.05) is 0 Å². The van der Waals surface area contributed by atoms with Crippen molar-refractivity contribution < 1.29 is 8.42 Å². The minimum absolute atomic E-state index is 0.329. The third-order valence-corrected chi connectivity index (χ3v) is 6.83. The van der Waals surface area contributed by atoms with Gasteiger partial charge in [0.25, 0.3) is 0 Å². The quantitative estimate of drug-likeness (QED) is 0.767. The third-order valence-electron chi connectivity index (χ3n) is 4.92. The first-order chi connectivity index (χ1) is 8.59. The van der Waals surface area contributed by atoms with Gasteiger partial charge < -0.3 is 0 Å². The van der Waals surface area contributed by atoms with Crippen LogP contribution in [0.25, 0.3) is 0 Å². The molecule has 3 fully saturated rings. The third kappa shape index (κ3) is 1.30. The summed E-state index contributed by atoms with van der Waals surface area (Å²) in [4.78, 5) is 0.460. The van der Waals surface area contributed by atoms with Crippen molar-refractivity contribution in [2.45, 2.75) is 43.2 Å². The molecule has 0 amide bonds. The van der Waals surface area contributed by atoms with Crippen LogP contribution in [-0.4, -0.2) is 24.8 Å². The van der Waals surface area contributed by atoms with Crippen LogP contribution in [0.15, 0.2) is 29.2 Å². The van der Waals surface area contributed by atoms with Crippen LogP contribution >= 0.6 is 0 Å². The van der Waals surface area contributed by atoms with E-state index < -0.39 is 10.0 Å². The maximum Gasteiger partial charge on any atom is 0.243 e. The van der Waals surface area contributed by atoms with Gasteiger partial charge in [-0.2, -0.15) is 4.31 Å². The number of rotatable bonds is 2. The lowest BCUT2D eigenvalue weighted by Gasteiger charge is -2.12. The molecule has 96 valence electrons. The van der Waals surface area contributed by atoms with E-state index in [-0.39, 0.29) is 0 Å². The predicted molar refractivity (Wildman–Crippen MR) is 68.6 cm³/mol. The van der Waals surface area contributed by atoms with Gasteiger partial charge in [0.05, 0.1) is 4.90 Å². The van der Waals surface area contributed by atoms with Gasteiger partial charge in [0, 0.05) is 12.1 Å². The first-order valence-electron chi connectivity index (χ1n) is 6.69. The summed E-state index contributed by atoms with van der Waals surface area (Å²) >= 11 is 0. The van der Waals surface area contributed by atoms with Crippen LogP contribution in [0.4, 0.5) is 0 Å². The molecule has 1 saturated heterocycles. The van der Waals surface area contributed by atoms with Gasteiger partial charge in [-0.3, -0.25) is 0 Å². The molecule has 1 aliphatic heterocycles. The summed E-state index contributed by atoms with van der Waals surface area (Å²) in [7, 11) is -3.23. The maximum absolute atomic E-state index is 12.6. The molecule has 4 rings (SSSR count). The number of hydrogen-bond acceptors (Lipinski definition) is 2. The highest BCUT2D eigenvalue weighted by atomic mass is 32.2. The molecule has 18 heavy (non-hydrogen) atoms. The van der Waals surface area contributed by atoms with Gasteiger partial charge in [-0.1, -0.05) is 17.7 Å². The Morgan fingerprint density at radius 2 is 1.61 bits per heavy atom. The standard InChI is InChI=1S/C14H17NO2S/c1-9-2-6-12(7-3-9)18(16,17)15-13-10-4-5-11(8-10)14(13)15/h2-3,6-7,10-11,13-14H,4-5,8H2,1H3/t10-,11+,13-,14+,15?. The van der Waals surface area contributed by atoms with E-state index in [1.54, 1.807) is 16.4 Å². The Morgan fingerprint density at radius 1 is 1.06 bits per heavy atom. The number of fused-ring (bicyclic) bond motifs is 5. The zero-order valence-corrected chi connectivity index (χ0v) is 11.2. The Balaban J connectivity index is 1.68. The smallest absolute Gasteiger partial charge is 0.207 e. The van der Waals surface area contributed by atoms with E-state index in [2.05, 4.69) is 0 Å². The predicted octanol–water partition coefficient (Wildman–Crippen LogP) is 2.17. The number of sulfonamides is 1. The summed E-state index contributed by atoms with van der Waals surface area (Å²) in [5, 5.41) is 0. The van der Waals surface area contributed by atoms with Gasteiger partial charge in [-0.05, 0) is 50.2 Å². The SMILES string of the molecule is Cc1ccc(S(=O)(=O)N2[C@@H]3[C@@H]4CC[C@@H](C4)[C@@H]32)cc1. The largest absolute Gasteiger partial charge is 0.243 e. The number of hydrogen-bond donors (Lipinski definition) is 0. The van der Waals surface area contributed by atoms with Crippen molar-refractivity contribution in [1.82, 2.24) is 4.31 Å². The van der Waals surface area contributed by atoms with Crippen LogP contribution < -0.4 is 0 Å². The average Bonchev–Trinajstić information content (AvgIpc) is 2.83. The molecule has 4 heteroatoms. The topological polar surface area (TPSA) is 37.1 Å². The highest BCUT2D eigenvalue weighted by Crippen LogP contribution is 2.60. The zero-order chi connectivity index (χ0) is 12.5. The highest BCUT2D eigenvalue weighted by Gasteiger charge is 2.68. The van der Waals surface area contributed by atoms with Gasteiger partial charge in [0.1, 0.15) is 0 Å². The summed E-state index contributed by atoms with van der Waals surface area (Å²) in [6, 6.07) is 7.88. The highest BCUT2D eigenvalue weighted by molar-refractivity contribution is 7.89. The van der Waals surface area contributed by atoms with E-state index in [1.165, 1.54) is 19.3 Å². The number of aryl methyl sites for hydroxylation is 1. The fourth-order valence-corrected chi connectivity index (χ4v) is 5.95. The summed E-state index contributed by atoms with van der Waals surface area (Å²) in [5.41, 5.74) is 1.10. The van der Waals surface area contributed by atoms with Crippen molar-refractivity contribution in [2.24, 2.45) is 11.8 Å². The molecule has 1 aromatic rings. The second-order valence-electron chi connectivity index (χ2n) is 5.96. The lowest BCUT2D eigenvalue weighted by Crippen LogP contribution is -2.21. The second kappa shape index (κ2) is 3.36. The van der Waals surface area contributed by atoms with Gasteiger partial charge in [-0.25, -0.2) is 8.42 Å². The molecule has 3 aliphatic rings. The Hall–Kier alpha value is -0.870. The molecule has 5 atom stereocenters. The van der Waals surface area contributed by atoms with Gasteiger partial charge in [0.2, 0.25) is 10.0 Å². The van der Waals surface area contributed by atoms with Crippen LogP contribution in [0.2, 0.25) is 0 Å². The molecule has 0 spiro atoms. The monoisotopic (exact) mass is 263 g/mol. The molecule has 1 heterocycles. The minimum atomic E-state index is -3.23. The molecule has 1 unspecified atom stereocenters. The average molecular weight is 263 g/mol. The van der Waals surface area contributed by atoms with Crippen molar-refractivity contribution >= 4 is 10.0 Å². The summed E-state index contributed by atoms with van der Waals surface area (Å²) in [6.45, 7) is 1.97. The van der Waals surface area contributed by atoms with E-state index in [9.17, 15) is 8.42 Å². The summed E-state index contributed by atoms with van der Waals surface area (Å²) in [5.74, 6) is 1.28. The summed E-state index contributed by atoms with van der Waals surface area (Å²) in [6.07, 6.45) is 3.72. The molecule has 0 N–H and O–H groups in total. The Bertz CT molecular complexity index is 577. The molecule has 0 radical (unpaired) electrons. The molecular formula is C14H17NO2S. The van der Waals surface area contributed by atoms with Crippen LogP contribution in [0.3, 0.4) is 0 Å². The fourth-order valence-electron chi connectivity index (χ4n) is 4.05. The Morgan fingerprint density at radius 3 is 2.17 bits per heavy atom. The lowest BCUT2D eigenvalue weighted by molar-refractivity contribution is 0.447. The number of piperidine rings is 1. The second-order valence-corrected chi connectivity index (χ2v) is 7.81. The number of nitrogens with zero attached hydrogens (tertiary/aromatic N) is 1. The Labute approximate surface area is 108 Å². The molecule has 2 aliphatic carbocycles. The summed E-state index contributed by atoms with van der Waals surface area (Å²) < 4.78 is 26.9. The molecule has 1 aromatic carbocycles. The van der Waals surface area contributed by atoms with E-state index in [0.717, 1.165) is 5.56 Å². The molecule has 2 bridgehead atoms. The van der Waals surface area contributed by atoms with Crippen LogP contribution in [-0.2, 0) is 10.0 Å². The van der Waals surface area contributed by atoms with Crippen molar-refractivity contribution in [3.63, 3.8) is 0 Å². The lowest BCUT2D eigenvalue weighted by atomic mass is 10.0. The van der Waals surface area contributed by atoms with Crippen LogP contribution in [0.1, 0.15) is 24.8 Å². The van der Waals surface area contributed by atoms with E-state index >= 15 is 0 Å². The van der Waals surface area contributed by atoms with Gasteiger partial charge >= 0.3 is 0 Å². The zero-order valence-electron chi connectivity index (χ0n) is 10.4. The number of benzene rings is 1. The fraction of sp³-hybridized carbons (Fsp3) is 0.571. The first-order valence-corrected chi connectivity index (χ1v) is 8.13. The normalized spacial score (nSPS) is 40.8. The Kier molecular flexibility index (Phi) is 2.06. The molecular weight excluding hydrogens is 246 g/mol. The van der Waals surface area contributed by atoms with Crippen LogP contribution in [0.5, 0.6) is 0 Å². The molecule has 3 nitrogen and oxygen atoms in total. The first kappa shape index (κ1) is 11.0. The molecule has 2 saturated carbocycles. The van der Waals surface area contributed by atoms with Crippen molar-refractivity contribution in [3.8, 4) is 0 Å². The van der Waals surface area contributed by atoms with Crippen molar-refractivity contribution in [3.05, 3.63) is 29.8 Å². The molecule has 0 aromatic heterocycles. The van der Waals surface area contributed by atoms with E-state index in [4.69, 9.17) is 0 Å². The van der Waals surface area contributed by atoms with Crippen LogP contribution in [0, 0.1) is 18.8 Å². The minimum Gasteiger partial charge on any atom is -0.207 e. The maximum atomic E-state index is 12.6. The van der Waals surface area contributed by atoms with Crippen molar-refractivity contribution in [1.29, 1.82) is 0 Å². The van der Waals surface area contributed by atoms with Gasteiger partial charge in [0.15, 0.2) is 0 Å². The van der Waals surface area contributed by atoms with Gasteiger partial charge in [-0.15, -0.1) is 0 Å². The van der Waals surface area contributed by atoms with E-state index in [0.29, 0.717) is 28.8 Å². The van der Waals surface area contributed by atoms with E-state index in [1.807, 2.05) is 19.1 Å².